The van der Waals surface area contributed by atoms with Gasteiger partial charge in [0.2, 0.25) is 5.92 Å². The van der Waals surface area contributed by atoms with Crippen LogP contribution in [0.4, 0.5) is 8.78 Å². The summed E-state index contributed by atoms with van der Waals surface area (Å²) in [5.74, 6) is -2.60. The molecule has 1 atom stereocenters. The molecule has 0 aromatic carbocycles. The first-order valence-corrected chi connectivity index (χ1v) is 4.78. The topological polar surface area (TPSA) is 21.3 Å². The van der Waals surface area contributed by atoms with E-state index in [9.17, 15) is 8.78 Å². The summed E-state index contributed by atoms with van der Waals surface area (Å²) in [5.41, 5.74) is 0. The molecule has 1 N–H and O–H groups in total. The quantitative estimate of drug-likeness (QED) is 0.735. The summed E-state index contributed by atoms with van der Waals surface area (Å²) in [5, 5.41) is 3.17. The van der Waals surface area contributed by atoms with Crippen molar-refractivity contribution in [3.05, 3.63) is 0 Å². The van der Waals surface area contributed by atoms with Gasteiger partial charge in [0.15, 0.2) is 0 Å². The second kappa shape index (κ2) is 4.86. The molecule has 0 spiro atoms. The van der Waals surface area contributed by atoms with Crippen LogP contribution in [-0.2, 0) is 4.74 Å². The Bertz CT molecular complexity index is 141. The smallest absolute Gasteiger partial charge is 0.247 e. The van der Waals surface area contributed by atoms with E-state index in [1.165, 1.54) is 0 Å². The molecule has 0 saturated carbocycles. The van der Waals surface area contributed by atoms with Gasteiger partial charge in [-0.1, -0.05) is 0 Å². The van der Waals surface area contributed by atoms with Gasteiger partial charge in [-0.2, -0.15) is 0 Å². The molecule has 78 valence electrons. The summed E-state index contributed by atoms with van der Waals surface area (Å²) in [6.45, 7) is 2.91. The third-order valence-corrected chi connectivity index (χ3v) is 2.15. The first-order chi connectivity index (χ1) is 6.08. The second-order valence-electron chi connectivity index (χ2n) is 3.66. The number of hydrogen-bond donors (Lipinski definition) is 1. The van der Waals surface area contributed by atoms with Crippen LogP contribution in [0.1, 0.15) is 26.2 Å². The molecule has 1 heterocycles. The lowest BCUT2D eigenvalue weighted by Crippen LogP contribution is -2.35. The van der Waals surface area contributed by atoms with Gasteiger partial charge in [-0.3, -0.25) is 0 Å². The van der Waals surface area contributed by atoms with Gasteiger partial charge >= 0.3 is 0 Å². The van der Waals surface area contributed by atoms with Gasteiger partial charge in [-0.25, -0.2) is 8.78 Å². The summed E-state index contributed by atoms with van der Waals surface area (Å²) < 4.78 is 30.1. The monoisotopic (exact) mass is 193 g/mol. The molecule has 0 bridgehead atoms. The fourth-order valence-corrected chi connectivity index (χ4v) is 1.37. The lowest BCUT2D eigenvalue weighted by molar-refractivity contribution is -0.0380. The van der Waals surface area contributed by atoms with Gasteiger partial charge in [0.1, 0.15) is 0 Å². The van der Waals surface area contributed by atoms with E-state index >= 15 is 0 Å². The zero-order chi connectivity index (χ0) is 9.73. The minimum Gasteiger partial charge on any atom is -0.377 e. The number of halogens is 2. The van der Waals surface area contributed by atoms with Crippen LogP contribution in [0.5, 0.6) is 0 Å². The van der Waals surface area contributed by atoms with E-state index in [1.54, 1.807) is 0 Å². The van der Waals surface area contributed by atoms with E-state index < -0.39 is 5.92 Å². The van der Waals surface area contributed by atoms with Crippen LogP contribution in [-0.4, -0.2) is 31.7 Å². The number of piperidine rings is 1. The fourth-order valence-electron chi connectivity index (χ4n) is 1.37. The molecule has 1 aliphatic heterocycles. The molecular weight excluding hydrogens is 176 g/mol. The molecule has 0 amide bonds. The van der Waals surface area contributed by atoms with Crippen LogP contribution in [0.25, 0.3) is 0 Å². The lowest BCUT2D eigenvalue weighted by atomic mass is 10.1. The Morgan fingerprint density at radius 3 is 2.85 bits per heavy atom. The Labute approximate surface area is 77.6 Å². The van der Waals surface area contributed by atoms with Crippen molar-refractivity contribution in [1.29, 1.82) is 0 Å². The minimum atomic E-state index is -2.60. The van der Waals surface area contributed by atoms with Crippen molar-refractivity contribution in [2.45, 2.75) is 38.2 Å². The molecule has 13 heavy (non-hydrogen) atoms. The molecule has 0 radical (unpaired) electrons. The Hall–Kier alpha value is -0.220. The van der Waals surface area contributed by atoms with Crippen molar-refractivity contribution < 1.29 is 13.5 Å². The number of hydrogen-bond acceptors (Lipinski definition) is 2. The molecule has 4 heteroatoms. The van der Waals surface area contributed by atoms with Crippen LogP contribution >= 0.6 is 0 Å². The number of nitrogens with one attached hydrogen (secondary N) is 1. The molecule has 0 aliphatic carbocycles. The third kappa shape index (κ3) is 5.16. The fraction of sp³-hybridized carbons (Fsp3) is 1.00. The second-order valence-corrected chi connectivity index (χ2v) is 3.66. The summed E-state index contributed by atoms with van der Waals surface area (Å²) in [6.07, 6.45) is 2.02. The summed E-state index contributed by atoms with van der Waals surface area (Å²) >= 11 is 0. The Balaban J connectivity index is 2.04. The van der Waals surface area contributed by atoms with E-state index in [4.69, 9.17) is 4.74 Å². The van der Waals surface area contributed by atoms with Gasteiger partial charge < -0.3 is 10.1 Å². The Morgan fingerprint density at radius 1 is 1.54 bits per heavy atom. The highest BCUT2D eigenvalue weighted by atomic mass is 19.3. The van der Waals surface area contributed by atoms with Gasteiger partial charge in [0.25, 0.3) is 0 Å². The number of rotatable bonds is 4. The van der Waals surface area contributed by atoms with Crippen molar-refractivity contribution in [2.75, 3.05) is 19.7 Å². The number of ether oxygens (including phenoxy) is 1. The van der Waals surface area contributed by atoms with Crippen molar-refractivity contribution in [2.24, 2.45) is 0 Å². The van der Waals surface area contributed by atoms with Crippen molar-refractivity contribution in [3.8, 4) is 0 Å². The van der Waals surface area contributed by atoms with Crippen LogP contribution in [0.15, 0.2) is 0 Å². The average Bonchev–Trinajstić information content (AvgIpc) is 2.04. The maximum absolute atomic E-state index is 12.4. The maximum atomic E-state index is 12.4. The first kappa shape index (κ1) is 10.9. The summed E-state index contributed by atoms with van der Waals surface area (Å²) in [4.78, 5) is 0. The summed E-state index contributed by atoms with van der Waals surface area (Å²) in [6, 6.07) is 0. The van der Waals surface area contributed by atoms with E-state index in [-0.39, 0.29) is 19.1 Å². The Kier molecular flexibility index (Phi) is 4.06. The van der Waals surface area contributed by atoms with Crippen molar-refractivity contribution in [3.63, 3.8) is 0 Å². The van der Waals surface area contributed by atoms with E-state index in [1.807, 2.05) is 0 Å². The first-order valence-electron chi connectivity index (χ1n) is 4.78. The molecule has 1 saturated heterocycles. The van der Waals surface area contributed by atoms with Crippen molar-refractivity contribution in [1.82, 2.24) is 5.32 Å². The van der Waals surface area contributed by atoms with Gasteiger partial charge in [-0.15, -0.1) is 0 Å². The molecule has 0 aromatic rings. The van der Waals surface area contributed by atoms with E-state index in [2.05, 4.69) is 5.32 Å². The maximum Gasteiger partial charge on any atom is 0.247 e. The zero-order valence-corrected chi connectivity index (χ0v) is 7.98. The third-order valence-electron chi connectivity index (χ3n) is 2.15. The van der Waals surface area contributed by atoms with Crippen LogP contribution in [0.2, 0.25) is 0 Å². The average molecular weight is 193 g/mol. The zero-order valence-electron chi connectivity index (χ0n) is 7.98. The largest absolute Gasteiger partial charge is 0.377 e. The SMILES string of the molecule is CC(F)(F)CCOC1CCCNC1. The van der Waals surface area contributed by atoms with Crippen LogP contribution < -0.4 is 5.32 Å². The van der Waals surface area contributed by atoms with Gasteiger partial charge in [-0.05, 0) is 26.3 Å². The predicted molar refractivity (Wildman–Crippen MR) is 47.1 cm³/mol. The molecule has 1 rings (SSSR count). The molecule has 1 fully saturated rings. The van der Waals surface area contributed by atoms with Crippen LogP contribution in [0, 0.1) is 0 Å². The molecule has 1 aliphatic rings. The molecule has 2 nitrogen and oxygen atoms in total. The highest BCUT2D eigenvalue weighted by Crippen LogP contribution is 2.17. The van der Waals surface area contributed by atoms with Gasteiger partial charge in [0, 0.05) is 13.0 Å². The van der Waals surface area contributed by atoms with E-state index in [0.29, 0.717) is 0 Å². The van der Waals surface area contributed by atoms with E-state index in [0.717, 1.165) is 32.9 Å². The minimum absolute atomic E-state index is 0.135. The molecular formula is C9H17F2NO. The highest BCUT2D eigenvalue weighted by molar-refractivity contribution is 4.69. The van der Waals surface area contributed by atoms with Crippen LogP contribution in [0.3, 0.4) is 0 Å². The standard InChI is InChI=1S/C9H17F2NO/c1-9(10,11)4-6-13-8-3-2-5-12-7-8/h8,12H,2-7H2,1H3. The lowest BCUT2D eigenvalue weighted by Gasteiger charge is -2.23. The molecule has 1 unspecified atom stereocenters. The Morgan fingerprint density at radius 2 is 2.31 bits per heavy atom. The summed E-state index contributed by atoms with van der Waals surface area (Å²) in [7, 11) is 0. The highest BCUT2D eigenvalue weighted by Gasteiger charge is 2.21. The van der Waals surface area contributed by atoms with Gasteiger partial charge in [0.05, 0.1) is 12.7 Å². The predicted octanol–water partition coefficient (Wildman–Crippen LogP) is 1.80. The van der Waals surface area contributed by atoms with Crippen molar-refractivity contribution >= 4 is 0 Å². The number of alkyl halides is 2. The normalized spacial score (nSPS) is 24.7. The molecule has 0 aromatic heterocycles.